The molecule has 0 spiro atoms. The normalized spacial score (nSPS) is 12.5. The van der Waals surface area contributed by atoms with Gasteiger partial charge in [0, 0.05) is 15.2 Å². The lowest BCUT2D eigenvalue weighted by atomic mass is 9.99. The maximum atomic E-state index is 4.55. The lowest BCUT2D eigenvalue weighted by Gasteiger charge is -2.17. The van der Waals surface area contributed by atoms with Gasteiger partial charge in [0.1, 0.15) is 0 Å². The van der Waals surface area contributed by atoms with E-state index in [-0.39, 0.29) is 6.04 Å². The van der Waals surface area contributed by atoms with E-state index in [1.807, 2.05) is 31.4 Å². The molecule has 0 aliphatic heterocycles. The lowest BCUT2D eigenvalue weighted by Crippen LogP contribution is -2.17. The Morgan fingerprint density at radius 1 is 1.00 bits per heavy atom. The summed E-state index contributed by atoms with van der Waals surface area (Å²) in [6.07, 6.45) is 1.96. The SMILES string of the molecule is CNC(c1ccc(I)cc1)c1cnc2ccccc2c1. The number of nitrogens with one attached hydrogen (secondary N) is 1. The highest BCUT2D eigenvalue weighted by atomic mass is 127. The average Bonchev–Trinajstić information content (AvgIpc) is 2.50. The van der Waals surface area contributed by atoms with Gasteiger partial charge >= 0.3 is 0 Å². The number of benzene rings is 2. The molecule has 2 nitrogen and oxygen atoms in total. The summed E-state index contributed by atoms with van der Waals surface area (Å²) in [4.78, 5) is 4.55. The van der Waals surface area contributed by atoms with Crippen molar-refractivity contribution >= 4 is 33.5 Å². The van der Waals surface area contributed by atoms with E-state index in [0.717, 1.165) is 5.52 Å². The summed E-state index contributed by atoms with van der Waals surface area (Å²) in [5.41, 5.74) is 3.48. The molecule has 0 aliphatic carbocycles. The fourth-order valence-electron chi connectivity index (χ4n) is 2.43. The zero-order chi connectivity index (χ0) is 13.9. The van der Waals surface area contributed by atoms with Gasteiger partial charge in [0.25, 0.3) is 0 Å². The van der Waals surface area contributed by atoms with Crippen LogP contribution in [0.15, 0.2) is 60.8 Å². The Kier molecular flexibility index (Phi) is 3.98. The van der Waals surface area contributed by atoms with Gasteiger partial charge in [0.15, 0.2) is 0 Å². The van der Waals surface area contributed by atoms with Crippen LogP contribution in [-0.2, 0) is 0 Å². The van der Waals surface area contributed by atoms with Crippen molar-refractivity contribution in [2.24, 2.45) is 0 Å². The molecule has 3 rings (SSSR count). The van der Waals surface area contributed by atoms with E-state index < -0.39 is 0 Å². The van der Waals surface area contributed by atoms with E-state index in [2.05, 4.69) is 69.3 Å². The molecule has 0 fully saturated rings. The number of hydrogen-bond acceptors (Lipinski definition) is 2. The van der Waals surface area contributed by atoms with Gasteiger partial charge in [-0.3, -0.25) is 4.98 Å². The minimum absolute atomic E-state index is 0.170. The molecule has 20 heavy (non-hydrogen) atoms. The maximum Gasteiger partial charge on any atom is 0.0702 e. The van der Waals surface area contributed by atoms with E-state index in [9.17, 15) is 0 Å². The van der Waals surface area contributed by atoms with E-state index in [1.165, 1.54) is 20.1 Å². The van der Waals surface area contributed by atoms with Gasteiger partial charge < -0.3 is 5.32 Å². The zero-order valence-electron chi connectivity index (χ0n) is 11.2. The lowest BCUT2D eigenvalue weighted by molar-refractivity contribution is 0.690. The topological polar surface area (TPSA) is 24.9 Å². The van der Waals surface area contributed by atoms with Crippen LogP contribution in [0, 0.1) is 3.57 Å². The van der Waals surface area contributed by atoms with E-state index in [1.54, 1.807) is 0 Å². The van der Waals surface area contributed by atoms with Crippen LogP contribution in [-0.4, -0.2) is 12.0 Å². The second kappa shape index (κ2) is 5.89. The third-order valence-corrected chi connectivity index (χ3v) is 4.16. The van der Waals surface area contributed by atoms with Crippen molar-refractivity contribution in [1.82, 2.24) is 10.3 Å². The van der Waals surface area contributed by atoms with Crippen LogP contribution in [0.25, 0.3) is 10.9 Å². The predicted octanol–water partition coefficient (Wildman–Crippen LogP) is 4.15. The number of pyridine rings is 1. The Labute approximate surface area is 132 Å². The number of para-hydroxylation sites is 1. The highest BCUT2D eigenvalue weighted by Gasteiger charge is 2.12. The number of rotatable bonds is 3. The van der Waals surface area contributed by atoms with Crippen LogP contribution in [0.3, 0.4) is 0 Å². The van der Waals surface area contributed by atoms with E-state index in [0.29, 0.717) is 0 Å². The monoisotopic (exact) mass is 374 g/mol. The molecule has 3 aromatic rings. The summed E-state index contributed by atoms with van der Waals surface area (Å²) in [6.45, 7) is 0. The van der Waals surface area contributed by atoms with Gasteiger partial charge in [0.05, 0.1) is 11.6 Å². The van der Waals surface area contributed by atoms with Crippen molar-refractivity contribution in [3.63, 3.8) is 0 Å². The molecule has 0 saturated carbocycles. The van der Waals surface area contributed by atoms with Gasteiger partial charge in [-0.1, -0.05) is 30.3 Å². The fourth-order valence-corrected chi connectivity index (χ4v) is 2.79. The summed E-state index contributed by atoms with van der Waals surface area (Å²) < 4.78 is 1.25. The van der Waals surface area contributed by atoms with Crippen LogP contribution in [0.4, 0.5) is 0 Å². The minimum Gasteiger partial charge on any atom is -0.309 e. The first-order valence-electron chi connectivity index (χ1n) is 6.55. The van der Waals surface area contributed by atoms with Gasteiger partial charge in [-0.15, -0.1) is 0 Å². The Balaban J connectivity index is 2.04. The number of halogens is 1. The Hall–Kier alpha value is -1.46. The largest absolute Gasteiger partial charge is 0.309 e. The number of nitrogens with zero attached hydrogens (tertiary/aromatic N) is 1. The molecule has 1 atom stereocenters. The second-order valence-corrected chi connectivity index (χ2v) is 5.98. The highest BCUT2D eigenvalue weighted by molar-refractivity contribution is 14.1. The molecular formula is C17H15IN2. The van der Waals surface area contributed by atoms with Gasteiger partial charge in [-0.25, -0.2) is 0 Å². The van der Waals surface area contributed by atoms with Crippen LogP contribution in [0.5, 0.6) is 0 Å². The molecule has 1 unspecified atom stereocenters. The van der Waals surface area contributed by atoms with Crippen LogP contribution in [0.1, 0.15) is 17.2 Å². The smallest absolute Gasteiger partial charge is 0.0702 e. The summed E-state index contributed by atoms with van der Waals surface area (Å²) >= 11 is 2.33. The quantitative estimate of drug-likeness (QED) is 0.697. The van der Waals surface area contributed by atoms with Gasteiger partial charge in [-0.2, -0.15) is 0 Å². The van der Waals surface area contributed by atoms with Gasteiger partial charge in [-0.05, 0) is 65.0 Å². The van der Waals surface area contributed by atoms with Crippen molar-refractivity contribution in [3.05, 3.63) is 75.5 Å². The Morgan fingerprint density at radius 3 is 2.50 bits per heavy atom. The van der Waals surface area contributed by atoms with E-state index in [4.69, 9.17) is 0 Å². The Morgan fingerprint density at radius 2 is 1.75 bits per heavy atom. The van der Waals surface area contributed by atoms with Crippen molar-refractivity contribution < 1.29 is 0 Å². The molecule has 3 heteroatoms. The molecule has 1 aromatic heterocycles. The molecule has 0 saturated heterocycles. The average molecular weight is 374 g/mol. The van der Waals surface area contributed by atoms with Crippen molar-refractivity contribution in [1.29, 1.82) is 0 Å². The maximum absolute atomic E-state index is 4.55. The third kappa shape index (κ3) is 2.69. The highest BCUT2D eigenvalue weighted by Crippen LogP contribution is 2.24. The zero-order valence-corrected chi connectivity index (χ0v) is 13.3. The summed E-state index contributed by atoms with van der Waals surface area (Å²) in [5.74, 6) is 0. The van der Waals surface area contributed by atoms with Crippen LogP contribution < -0.4 is 5.32 Å². The molecule has 0 radical (unpaired) electrons. The van der Waals surface area contributed by atoms with Crippen molar-refractivity contribution in [3.8, 4) is 0 Å². The summed E-state index contributed by atoms with van der Waals surface area (Å²) in [5, 5.41) is 4.55. The second-order valence-electron chi connectivity index (χ2n) is 4.73. The molecule has 100 valence electrons. The molecule has 1 heterocycles. The number of fused-ring (bicyclic) bond motifs is 1. The van der Waals surface area contributed by atoms with E-state index >= 15 is 0 Å². The summed E-state index contributed by atoms with van der Waals surface area (Å²) in [6, 6.07) is 19.2. The Bertz CT molecular complexity index is 722. The van der Waals surface area contributed by atoms with Crippen LogP contribution in [0.2, 0.25) is 0 Å². The van der Waals surface area contributed by atoms with Gasteiger partial charge in [0.2, 0.25) is 0 Å². The van der Waals surface area contributed by atoms with Crippen LogP contribution >= 0.6 is 22.6 Å². The standard InChI is InChI=1S/C17H15IN2/c1-19-17(12-6-8-15(18)9-7-12)14-10-13-4-2-3-5-16(13)20-11-14/h2-11,17,19H,1H3. The molecule has 0 aliphatic rings. The number of hydrogen-bond donors (Lipinski definition) is 1. The predicted molar refractivity (Wildman–Crippen MR) is 91.8 cm³/mol. The molecule has 0 amide bonds. The molecule has 1 N–H and O–H groups in total. The molecular weight excluding hydrogens is 359 g/mol. The molecule has 0 bridgehead atoms. The summed E-state index contributed by atoms with van der Waals surface area (Å²) in [7, 11) is 1.98. The first-order valence-corrected chi connectivity index (χ1v) is 7.63. The molecule has 2 aromatic carbocycles. The minimum atomic E-state index is 0.170. The number of aromatic nitrogens is 1. The fraction of sp³-hybridized carbons (Fsp3) is 0.118. The first kappa shape index (κ1) is 13.5. The first-order chi connectivity index (χ1) is 9.78. The van der Waals surface area contributed by atoms with Crippen molar-refractivity contribution in [2.45, 2.75) is 6.04 Å². The van der Waals surface area contributed by atoms with Crippen molar-refractivity contribution in [2.75, 3.05) is 7.05 Å². The third-order valence-electron chi connectivity index (χ3n) is 3.44.